The maximum absolute atomic E-state index is 8.36. The van der Waals surface area contributed by atoms with E-state index < -0.39 is 0 Å². The molecule has 0 rings (SSSR count). The molecule has 0 saturated heterocycles. The van der Waals surface area contributed by atoms with Crippen LogP contribution in [-0.4, -0.2) is 24.8 Å². The summed E-state index contributed by atoms with van der Waals surface area (Å²) in [4.78, 5) is 8.36. The number of rotatable bonds is 4. The molecule has 3 nitrogen and oxygen atoms in total. The zero-order valence-electron chi connectivity index (χ0n) is 5.82. The quantitative estimate of drug-likeness (QED) is 0.365. The van der Waals surface area contributed by atoms with E-state index in [0.717, 1.165) is 0 Å². The first kappa shape index (κ1) is 11.7. The lowest BCUT2D eigenvalue weighted by molar-refractivity contribution is -0.122. The molecule has 0 bridgehead atoms. The van der Waals surface area contributed by atoms with Crippen LogP contribution in [0, 0.1) is 0 Å². The summed E-state index contributed by atoms with van der Waals surface area (Å²) < 4.78 is 4.90. The Morgan fingerprint density at radius 3 is 1.80 bits per heavy atom. The van der Waals surface area contributed by atoms with Crippen molar-refractivity contribution in [3.8, 4) is 0 Å². The summed E-state index contributed by atoms with van der Waals surface area (Å²) >= 11 is 0. The van der Waals surface area contributed by atoms with Crippen LogP contribution in [0.5, 0.6) is 0 Å². The van der Waals surface area contributed by atoms with Gasteiger partial charge in [-0.3, -0.25) is 4.79 Å². The number of ether oxygens (including phenoxy) is 1. The van der Waals surface area contributed by atoms with Crippen LogP contribution in [0.3, 0.4) is 0 Å². The van der Waals surface area contributed by atoms with Gasteiger partial charge in [-0.25, -0.2) is 0 Å². The Morgan fingerprint density at radius 1 is 1.30 bits per heavy atom. The Kier molecular flexibility index (Phi) is 18.3. The van der Waals surface area contributed by atoms with E-state index in [4.69, 9.17) is 14.6 Å². The van der Waals surface area contributed by atoms with Crippen LogP contribution in [0.1, 0.15) is 0 Å². The molecule has 10 heavy (non-hydrogen) atoms. The first-order chi connectivity index (χ1) is 4.83. The summed E-state index contributed by atoms with van der Waals surface area (Å²) in [5.41, 5.74) is 0. The molecule has 0 fully saturated rings. The molecule has 1 N–H and O–H groups in total. The van der Waals surface area contributed by atoms with Crippen LogP contribution >= 0.6 is 0 Å². The average molecular weight is 144 g/mol. The number of carboxylic acid groups (broad SMARTS) is 1. The molecule has 0 aromatic rings. The monoisotopic (exact) mass is 144 g/mol. The molecule has 0 aliphatic heterocycles. The van der Waals surface area contributed by atoms with E-state index in [9.17, 15) is 0 Å². The number of carbonyl (C=O) groups is 1. The molecular weight excluding hydrogens is 132 g/mol. The fourth-order valence-corrected chi connectivity index (χ4v) is 0.235. The first-order valence-electron chi connectivity index (χ1n) is 2.70. The lowest BCUT2D eigenvalue weighted by Gasteiger charge is -1.89. The summed E-state index contributed by atoms with van der Waals surface area (Å²) in [6.45, 7) is 7.93. The Bertz CT molecular complexity index is 80.9. The van der Waals surface area contributed by atoms with Crippen molar-refractivity contribution in [3.63, 3.8) is 0 Å². The summed E-state index contributed by atoms with van der Waals surface area (Å²) in [7, 11) is 0. The van der Waals surface area contributed by atoms with E-state index in [1.165, 1.54) is 0 Å². The van der Waals surface area contributed by atoms with E-state index in [2.05, 4.69) is 13.2 Å². The van der Waals surface area contributed by atoms with Crippen molar-refractivity contribution in [3.05, 3.63) is 25.3 Å². The standard InChI is InChI=1S/C6H10O.CH2O2/c1-3-5-7-6-4-2;2-1-3/h3-4H,1-2,5-6H2;1H,(H,2,3). The van der Waals surface area contributed by atoms with Gasteiger partial charge >= 0.3 is 0 Å². The van der Waals surface area contributed by atoms with Gasteiger partial charge in [0.25, 0.3) is 6.47 Å². The van der Waals surface area contributed by atoms with Crippen molar-refractivity contribution in [2.24, 2.45) is 0 Å². The molecule has 0 aromatic carbocycles. The second-order valence-electron chi connectivity index (χ2n) is 1.22. The van der Waals surface area contributed by atoms with Crippen molar-refractivity contribution in [1.29, 1.82) is 0 Å². The molecule has 0 aliphatic rings. The summed E-state index contributed by atoms with van der Waals surface area (Å²) in [5.74, 6) is 0. The molecule has 3 heteroatoms. The van der Waals surface area contributed by atoms with Gasteiger partial charge in [-0.2, -0.15) is 0 Å². The third-order valence-corrected chi connectivity index (χ3v) is 0.471. The van der Waals surface area contributed by atoms with Crippen molar-refractivity contribution >= 4 is 6.47 Å². The molecule has 0 heterocycles. The second-order valence-corrected chi connectivity index (χ2v) is 1.22. The molecule has 0 spiro atoms. The van der Waals surface area contributed by atoms with E-state index in [1.54, 1.807) is 12.2 Å². The van der Waals surface area contributed by atoms with Gasteiger partial charge in [0.15, 0.2) is 0 Å². The molecule has 0 aromatic heterocycles. The SMILES string of the molecule is C=CCOCC=C.O=CO. The normalized spacial score (nSPS) is 6.80. The minimum Gasteiger partial charge on any atom is -0.483 e. The molecule has 0 unspecified atom stereocenters. The van der Waals surface area contributed by atoms with E-state index in [0.29, 0.717) is 13.2 Å². The molecular formula is C7H12O3. The van der Waals surface area contributed by atoms with Crippen LogP contribution in [0.15, 0.2) is 25.3 Å². The second kappa shape index (κ2) is 15.7. The van der Waals surface area contributed by atoms with Crippen molar-refractivity contribution in [2.75, 3.05) is 13.2 Å². The Morgan fingerprint density at radius 2 is 1.60 bits per heavy atom. The van der Waals surface area contributed by atoms with Crippen molar-refractivity contribution < 1.29 is 14.6 Å². The van der Waals surface area contributed by atoms with E-state index in [-0.39, 0.29) is 6.47 Å². The molecule has 0 aliphatic carbocycles. The summed E-state index contributed by atoms with van der Waals surface area (Å²) in [5, 5.41) is 6.89. The largest absolute Gasteiger partial charge is 0.483 e. The highest BCUT2D eigenvalue weighted by atomic mass is 16.5. The highest BCUT2D eigenvalue weighted by molar-refractivity contribution is 5.32. The molecule has 58 valence electrons. The van der Waals surface area contributed by atoms with E-state index >= 15 is 0 Å². The van der Waals surface area contributed by atoms with Gasteiger partial charge in [-0.1, -0.05) is 12.2 Å². The third kappa shape index (κ3) is 28.5. The molecule has 0 amide bonds. The zero-order chi connectivity index (χ0) is 8.24. The first-order valence-corrected chi connectivity index (χ1v) is 2.70. The highest BCUT2D eigenvalue weighted by Crippen LogP contribution is 1.72. The molecule has 0 saturated carbocycles. The predicted molar refractivity (Wildman–Crippen MR) is 39.9 cm³/mol. The predicted octanol–water partition coefficient (Wildman–Crippen LogP) is 1.08. The van der Waals surface area contributed by atoms with Gasteiger partial charge in [0.2, 0.25) is 0 Å². The smallest absolute Gasteiger partial charge is 0.290 e. The maximum atomic E-state index is 8.36. The van der Waals surface area contributed by atoms with Crippen molar-refractivity contribution in [1.82, 2.24) is 0 Å². The van der Waals surface area contributed by atoms with Crippen LogP contribution in [0.4, 0.5) is 0 Å². The number of hydrogen-bond acceptors (Lipinski definition) is 2. The third-order valence-electron chi connectivity index (χ3n) is 0.471. The van der Waals surface area contributed by atoms with Gasteiger partial charge in [0, 0.05) is 0 Å². The van der Waals surface area contributed by atoms with Gasteiger partial charge in [-0.15, -0.1) is 13.2 Å². The Hall–Kier alpha value is -1.09. The minimum atomic E-state index is -0.250. The lowest BCUT2D eigenvalue weighted by atomic mass is 10.6. The van der Waals surface area contributed by atoms with Crippen LogP contribution in [0.25, 0.3) is 0 Å². The minimum absolute atomic E-state index is 0.250. The van der Waals surface area contributed by atoms with Crippen LogP contribution in [-0.2, 0) is 9.53 Å². The summed E-state index contributed by atoms with van der Waals surface area (Å²) in [6.07, 6.45) is 3.42. The van der Waals surface area contributed by atoms with E-state index in [1.807, 2.05) is 0 Å². The molecule has 0 atom stereocenters. The number of hydrogen-bond donors (Lipinski definition) is 1. The zero-order valence-corrected chi connectivity index (χ0v) is 5.82. The Labute approximate surface area is 60.6 Å². The maximum Gasteiger partial charge on any atom is 0.290 e. The van der Waals surface area contributed by atoms with Gasteiger partial charge < -0.3 is 9.84 Å². The van der Waals surface area contributed by atoms with Gasteiger partial charge in [0.05, 0.1) is 13.2 Å². The summed E-state index contributed by atoms with van der Waals surface area (Å²) in [6, 6.07) is 0. The topological polar surface area (TPSA) is 46.5 Å². The fourth-order valence-electron chi connectivity index (χ4n) is 0.235. The van der Waals surface area contributed by atoms with Crippen LogP contribution < -0.4 is 0 Å². The molecule has 0 radical (unpaired) electrons. The lowest BCUT2D eigenvalue weighted by Crippen LogP contribution is -1.87. The van der Waals surface area contributed by atoms with Crippen LogP contribution in [0.2, 0.25) is 0 Å². The average Bonchev–Trinajstić information content (AvgIpc) is 1.91. The highest BCUT2D eigenvalue weighted by Gasteiger charge is 1.70. The fraction of sp³-hybridized carbons (Fsp3) is 0.286. The van der Waals surface area contributed by atoms with Crippen molar-refractivity contribution in [2.45, 2.75) is 0 Å². The van der Waals surface area contributed by atoms with Gasteiger partial charge in [0.1, 0.15) is 0 Å². The van der Waals surface area contributed by atoms with Gasteiger partial charge in [-0.05, 0) is 0 Å². The Balaban J connectivity index is 0.